The van der Waals surface area contributed by atoms with Crippen LogP contribution >= 0.6 is 27.3 Å². The third-order valence-electron chi connectivity index (χ3n) is 1.63. The van der Waals surface area contributed by atoms with Crippen LogP contribution in [0.3, 0.4) is 0 Å². The lowest BCUT2D eigenvalue weighted by molar-refractivity contribution is -0.123. The smallest absolute Gasteiger partial charge is 0.251 e. The number of nitrogens with two attached hydrogens (primary N) is 1. The van der Waals surface area contributed by atoms with E-state index < -0.39 is 6.04 Å². The molecule has 6 heteroatoms. The Hall–Kier alpha value is -0.430. The summed E-state index contributed by atoms with van der Waals surface area (Å²) in [5.74, 6) is -0.197. The van der Waals surface area contributed by atoms with Gasteiger partial charge in [0.15, 0.2) is 0 Å². The molecule has 14 heavy (non-hydrogen) atoms. The molecule has 0 saturated heterocycles. The van der Waals surface area contributed by atoms with Gasteiger partial charge < -0.3 is 5.73 Å². The van der Waals surface area contributed by atoms with Gasteiger partial charge in [-0.15, -0.1) is 11.3 Å². The Morgan fingerprint density at radius 3 is 3.00 bits per heavy atom. The van der Waals surface area contributed by atoms with Crippen molar-refractivity contribution in [2.24, 2.45) is 5.73 Å². The maximum Gasteiger partial charge on any atom is 0.251 e. The highest BCUT2D eigenvalue weighted by Crippen LogP contribution is 2.20. The van der Waals surface area contributed by atoms with Crippen LogP contribution in [0, 0.1) is 0 Å². The van der Waals surface area contributed by atoms with E-state index in [1.165, 1.54) is 0 Å². The second-order valence-corrected chi connectivity index (χ2v) is 4.69. The summed E-state index contributed by atoms with van der Waals surface area (Å²) >= 11 is 4.93. The van der Waals surface area contributed by atoms with Crippen LogP contribution in [-0.2, 0) is 11.2 Å². The van der Waals surface area contributed by atoms with E-state index in [4.69, 9.17) is 5.73 Å². The molecule has 1 atom stereocenters. The molecule has 1 aromatic rings. The van der Waals surface area contributed by atoms with Gasteiger partial charge in [0.25, 0.3) is 5.91 Å². The van der Waals surface area contributed by atoms with Crippen molar-refractivity contribution in [3.63, 3.8) is 0 Å². The molecule has 0 spiro atoms. The summed E-state index contributed by atoms with van der Waals surface area (Å²) in [6.45, 7) is 0. The maximum atomic E-state index is 11.2. The zero-order valence-electron chi connectivity index (χ0n) is 7.71. The molecule has 1 heterocycles. The van der Waals surface area contributed by atoms with Crippen molar-refractivity contribution in [2.75, 3.05) is 7.05 Å². The Kier molecular flexibility index (Phi) is 4.53. The first-order chi connectivity index (χ1) is 6.63. The van der Waals surface area contributed by atoms with Gasteiger partial charge in [-0.05, 0) is 22.0 Å². The lowest BCUT2D eigenvalue weighted by Gasteiger charge is -2.09. The molecule has 1 unspecified atom stereocenters. The fourth-order valence-electron chi connectivity index (χ4n) is 0.986. The summed E-state index contributed by atoms with van der Waals surface area (Å²) in [6, 6.07) is 1.46. The molecular weight excluding hydrogens is 266 g/mol. The molecule has 1 rings (SSSR count). The van der Waals surface area contributed by atoms with Gasteiger partial charge in [-0.25, -0.2) is 5.43 Å². The van der Waals surface area contributed by atoms with Gasteiger partial charge in [0.2, 0.25) is 0 Å². The monoisotopic (exact) mass is 277 g/mol. The first-order valence-electron chi connectivity index (χ1n) is 4.08. The minimum absolute atomic E-state index is 0.197. The molecular formula is C8H12BrN3OS. The highest BCUT2D eigenvalue weighted by molar-refractivity contribution is 9.10. The molecule has 0 aliphatic heterocycles. The van der Waals surface area contributed by atoms with E-state index >= 15 is 0 Å². The Balaban J connectivity index is 2.48. The van der Waals surface area contributed by atoms with Crippen molar-refractivity contribution < 1.29 is 4.79 Å². The predicted octanol–water partition coefficient (Wildman–Crippen LogP) is 0.631. The molecule has 0 aromatic carbocycles. The van der Waals surface area contributed by atoms with Crippen molar-refractivity contribution in [1.82, 2.24) is 10.9 Å². The Morgan fingerprint density at radius 1 is 1.79 bits per heavy atom. The zero-order valence-corrected chi connectivity index (χ0v) is 10.1. The van der Waals surface area contributed by atoms with Crippen molar-refractivity contribution in [1.29, 1.82) is 0 Å². The van der Waals surface area contributed by atoms with Crippen LogP contribution in [0.2, 0.25) is 0 Å². The fourth-order valence-corrected chi connectivity index (χ4v) is 2.50. The minimum atomic E-state index is -0.506. The SMILES string of the molecule is CNNC(=O)C(N)Cc1cc(Br)cs1. The van der Waals surface area contributed by atoms with Gasteiger partial charge in [0.1, 0.15) is 0 Å². The number of halogens is 1. The van der Waals surface area contributed by atoms with Gasteiger partial charge in [-0.3, -0.25) is 10.2 Å². The van der Waals surface area contributed by atoms with Crippen LogP contribution < -0.4 is 16.6 Å². The molecule has 1 aromatic heterocycles. The molecule has 0 fully saturated rings. The lowest BCUT2D eigenvalue weighted by atomic mass is 10.2. The lowest BCUT2D eigenvalue weighted by Crippen LogP contribution is -2.46. The molecule has 78 valence electrons. The number of carbonyl (C=O) groups is 1. The zero-order chi connectivity index (χ0) is 10.6. The summed E-state index contributed by atoms with van der Waals surface area (Å²) in [4.78, 5) is 12.3. The van der Waals surface area contributed by atoms with Crippen molar-refractivity contribution in [2.45, 2.75) is 12.5 Å². The Bertz CT molecular complexity index is 315. The number of hydrogen-bond acceptors (Lipinski definition) is 4. The summed E-state index contributed by atoms with van der Waals surface area (Å²) in [5.41, 5.74) is 10.7. The van der Waals surface area contributed by atoms with E-state index in [0.717, 1.165) is 9.35 Å². The third-order valence-corrected chi connectivity index (χ3v) is 3.35. The summed E-state index contributed by atoms with van der Waals surface area (Å²) in [6.07, 6.45) is 0.559. The van der Waals surface area contributed by atoms with E-state index in [1.54, 1.807) is 18.4 Å². The molecule has 0 aliphatic rings. The predicted molar refractivity (Wildman–Crippen MR) is 60.9 cm³/mol. The van der Waals surface area contributed by atoms with E-state index in [2.05, 4.69) is 26.8 Å². The second-order valence-electron chi connectivity index (χ2n) is 2.78. The topological polar surface area (TPSA) is 67.1 Å². The Labute approximate surface area is 95.0 Å². The molecule has 1 amide bonds. The highest BCUT2D eigenvalue weighted by Gasteiger charge is 2.13. The van der Waals surface area contributed by atoms with Gasteiger partial charge in [0, 0.05) is 28.2 Å². The molecule has 4 N–H and O–H groups in total. The van der Waals surface area contributed by atoms with Crippen molar-refractivity contribution in [3.05, 3.63) is 20.8 Å². The largest absolute Gasteiger partial charge is 0.320 e. The van der Waals surface area contributed by atoms with Crippen LogP contribution in [0.5, 0.6) is 0 Å². The summed E-state index contributed by atoms with van der Waals surface area (Å²) < 4.78 is 1.03. The molecule has 0 aliphatic carbocycles. The first-order valence-corrected chi connectivity index (χ1v) is 5.76. The minimum Gasteiger partial charge on any atom is -0.320 e. The number of hydrogen-bond donors (Lipinski definition) is 3. The second kappa shape index (κ2) is 5.45. The van der Waals surface area contributed by atoms with E-state index in [0.29, 0.717) is 6.42 Å². The average Bonchev–Trinajstić information content (AvgIpc) is 2.51. The highest BCUT2D eigenvalue weighted by atomic mass is 79.9. The summed E-state index contributed by atoms with van der Waals surface area (Å²) in [5, 5.41) is 1.97. The van der Waals surface area contributed by atoms with Crippen LogP contribution in [0.1, 0.15) is 4.88 Å². The van der Waals surface area contributed by atoms with Gasteiger partial charge >= 0.3 is 0 Å². The van der Waals surface area contributed by atoms with Gasteiger partial charge in [-0.2, -0.15) is 0 Å². The Morgan fingerprint density at radius 2 is 2.50 bits per heavy atom. The van der Waals surface area contributed by atoms with Crippen molar-refractivity contribution in [3.8, 4) is 0 Å². The van der Waals surface area contributed by atoms with E-state index in [9.17, 15) is 4.79 Å². The van der Waals surface area contributed by atoms with E-state index in [-0.39, 0.29) is 5.91 Å². The van der Waals surface area contributed by atoms with Crippen molar-refractivity contribution >= 4 is 33.2 Å². The maximum absolute atomic E-state index is 11.2. The first kappa shape index (κ1) is 11.6. The number of rotatable bonds is 4. The number of nitrogens with one attached hydrogen (secondary N) is 2. The standard InChI is InChI=1S/C8H12BrN3OS/c1-11-12-8(13)7(10)3-6-2-5(9)4-14-6/h2,4,7,11H,3,10H2,1H3,(H,12,13). The molecule has 4 nitrogen and oxygen atoms in total. The number of amides is 1. The average molecular weight is 278 g/mol. The van der Waals surface area contributed by atoms with Crippen LogP contribution in [0.15, 0.2) is 15.9 Å². The van der Waals surface area contributed by atoms with Crippen LogP contribution in [0.25, 0.3) is 0 Å². The molecule has 0 saturated carbocycles. The summed E-state index contributed by atoms with van der Waals surface area (Å²) in [7, 11) is 1.63. The fraction of sp³-hybridized carbons (Fsp3) is 0.375. The van der Waals surface area contributed by atoms with Gasteiger partial charge in [-0.1, -0.05) is 0 Å². The number of thiophene rings is 1. The van der Waals surface area contributed by atoms with E-state index in [1.807, 2.05) is 11.4 Å². The quantitative estimate of drug-likeness (QED) is 0.708. The van der Waals surface area contributed by atoms with Crippen LogP contribution in [-0.4, -0.2) is 19.0 Å². The number of carbonyl (C=O) groups excluding carboxylic acids is 1. The van der Waals surface area contributed by atoms with Gasteiger partial charge in [0.05, 0.1) is 6.04 Å². The normalized spacial score (nSPS) is 12.5. The van der Waals surface area contributed by atoms with Crippen LogP contribution in [0.4, 0.5) is 0 Å². The molecule has 0 bridgehead atoms. The third kappa shape index (κ3) is 3.38. The molecule has 0 radical (unpaired) electrons. The number of hydrazine groups is 1.